The van der Waals surface area contributed by atoms with Gasteiger partial charge in [0.15, 0.2) is 0 Å². The quantitative estimate of drug-likeness (QED) is 0.478. The van der Waals surface area contributed by atoms with Crippen LogP contribution in [-0.4, -0.2) is 34.2 Å². The summed E-state index contributed by atoms with van der Waals surface area (Å²) in [6, 6.07) is 2.77. The Bertz CT molecular complexity index is 464. The van der Waals surface area contributed by atoms with Gasteiger partial charge in [0.1, 0.15) is 11.6 Å². The maximum absolute atomic E-state index is 10.9. The third-order valence-corrected chi connectivity index (χ3v) is 3.46. The van der Waals surface area contributed by atoms with Crippen LogP contribution in [0.3, 0.4) is 0 Å². The summed E-state index contributed by atoms with van der Waals surface area (Å²) in [4.78, 5) is 14.7. The van der Waals surface area contributed by atoms with Crippen LogP contribution in [0.4, 0.5) is 17.3 Å². The Morgan fingerprint density at radius 2 is 1.81 bits per heavy atom. The number of aliphatic hydroxyl groups is 1. The number of pyridine rings is 1. The first kappa shape index (κ1) is 17.2. The smallest absolute Gasteiger partial charge is 0.276 e. The van der Waals surface area contributed by atoms with Crippen LogP contribution in [0.15, 0.2) is 12.1 Å². The zero-order valence-electron chi connectivity index (χ0n) is 12.8. The fraction of sp³-hybridized carbons (Fsp3) is 0.643. The summed E-state index contributed by atoms with van der Waals surface area (Å²) in [5.74, 6) is 1.06. The number of anilines is 2. The molecule has 118 valence electrons. The van der Waals surface area contributed by atoms with Crippen molar-refractivity contribution < 1.29 is 10.0 Å². The van der Waals surface area contributed by atoms with Crippen molar-refractivity contribution in [3.05, 3.63) is 22.2 Å². The van der Waals surface area contributed by atoms with Crippen molar-refractivity contribution in [3.8, 4) is 0 Å². The average Bonchev–Trinajstić information content (AvgIpc) is 2.46. The van der Waals surface area contributed by atoms with E-state index in [0.717, 1.165) is 12.8 Å². The highest BCUT2D eigenvalue weighted by atomic mass is 16.6. The number of nitro groups is 1. The Morgan fingerprint density at radius 3 is 2.29 bits per heavy atom. The Kier molecular flexibility index (Phi) is 6.87. The lowest BCUT2D eigenvalue weighted by atomic mass is 9.96. The molecule has 21 heavy (non-hydrogen) atoms. The molecule has 0 spiro atoms. The predicted octanol–water partition coefficient (Wildman–Crippen LogP) is 2.63. The van der Waals surface area contributed by atoms with E-state index < -0.39 is 11.0 Å². The molecule has 1 aromatic heterocycles. The lowest BCUT2D eigenvalue weighted by Crippen LogP contribution is -2.28. The fourth-order valence-corrected chi connectivity index (χ4v) is 2.19. The van der Waals surface area contributed by atoms with Crippen LogP contribution in [0, 0.1) is 16.0 Å². The minimum absolute atomic E-state index is 0.0273. The van der Waals surface area contributed by atoms with Crippen molar-refractivity contribution in [2.45, 2.75) is 39.7 Å². The summed E-state index contributed by atoms with van der Waals surface area (Å²) < 4.78 is 0. The van der Waals surface area contributed by atoms with Gasteiger partial charge in [-0.2, -0.15) is 0 Å². The van der Waals surface area contributed by atoms with Gasteiger partial charge in [-0.25, -0.2) is 4.98 Å². The molecule has 0 aliphatic heterocycles. The molecule has 0 aliphatic carbocycles. The van der Waals surface area contributed by atoms with Gasteiger partial charge in [0.05, 0.1) is 23.2 Å². The monoisotopic (exact) mass is 296 g/mol. The van der Waals surface area contributed by atoms with E-state index in [4.69, 9.17) is 0 Å². The Balaban J connectivity index is 2.79. The first-order valence-corrected chi connectivity index (χ1v) is 7.34. The molecule has 3 N–H and O–H groups in total. The predicted molar refractivity (Wildman–Crippen MR) is 83.6 cm³/mol. The fourth-order valence-electron chi connectivity index (χ4n) is 2.19. The molecule has 0 bridgehead atoms. The molecular weight excluding hydrogens is 272 g/mol. The summed E-state index contributed by atoms with van der Waals surface area (Å²) in [7, 11) is 0. The van der Waals surface area contributed by atoms with Crippen molar-refractivity contribution in [2.75, 3.05) is 23.7 Å². The van der Waals surface area contributed by atoms with Crippen LogP contribution >= 0.6 is 0 Å². The average molecular weight is 296 g/mol. The van der Waals surface area contributed by atoms with Crippen LogP contribution < -0.4 is 10.6 Å². The van der Waals surface area contributed by atoms with Gasteiger partial charge in [-0.3, -0.25) is 10.1 Å². The molecule has 0 aromatic carbocycles. The highest BCUT2D eigenvalue weighted by Gasteiger charge is 2.16. The highest BCUT2D eigenvalue weighted by Crippen LogP contribution is 2.21. The first-order valence-electron chi connectivity index (χ1n) is 7.34. The van der Waals surface area contributed by atoms with E-state index in [1.165, 1.54) is 12.1 Å². The van der Waals surface area contributed by atoms with Gasteiger partial charge >= 0.3 is 0 Å². The van der Waals surface area contributed by atoms with E-state index in [1.54, 1.807) is 0 Å². The molecule has 1 rings (SSSR count). The van der Waals surface area contributed by atoms with Crippen LogP contribution in [-0.2, 0) is 0 Å². The summed E-state index contributed by atoms with van der Waals surface area (Å²) >= 11 is 0. The van der Waals surface area contributed by atoms with Gasteiger partial charge in [0, 0.05) is 13.1 Å². The van der Waals surface area contributed by atoms with Crippen molar-refractivity contribution in [1.82, 2.24) is 4.98 Å². The summed E-state index contributed by atoms with van der Waals surface area (Å²) in [5.41, 5.74) is -0.0273. The normalized spacial score (nSPS) is 12.2. The molecule has 7 heteroatoms. The number of nitrogens with zero attached hydrogens (tertiary/aromatic N) is 2. The molecule has 1 heterocycles. The lowest BCUT2D eigenvalue weighted by molar-refractivity contribution is -0.384. The second-order valence-electron chi connectivity index (χ2n) is 4.91. The van der Waals surface area contributed by atoms with Crippen LogP contribution in [0.2, 0.25) is 0 Å². The number of hydrogen-bond acceptors (Lipinski definition) is 6. The summed E-state index contributed by atoms with van der Waals surface area (Å²) in [6.45, 7) is 6.92. The molecule has 1 atom stereocenters. The highest BCUT2D eigenvalue weighted by molar-refractivity contribution is 5.54. The number of aromatic nitrogens is 1. The van der Waals surface area contributed by atoms with Crippen molar-refractivity contribution in [3.63, 3.8) is 0 Å². The third-order valence-electron chi connectivity index (χ3n) is 3.46. The summed E-state index contributed by atoms with van der Waals surface area (Å²) in [6.07, 6.45) is 1.29. The molecule has 0 radical (unpaired) electrons. The molecule has 7 nitrogen and oxygen atoms in total. The zero-order valence-corrected chi connectivity index (χ0v) is 12.8. The molecule has 0 saturated heterocycles. The largest absolute Gasteiger partial charge is 0.391 e. The Labute approximate surface area is 124 Å². The molecule has 1 unspecified atom stereocenters. The van der Waals surface area contributed by atoms with Gasteiger partial charge in [0.2, 0.25) is 0 Å². The SMILES string of the molecule is CCNc1cc([N+](=O)[O-])cc(NCC(O)C(CC)CC)n1. The molecule has 0 aliphatic rings. The van der Waals surface area contributed by atoms with Crippen LogP contribution in [0.25, 0.3) is 0 Å². The van der Waals surface area contributed by atoms with E-state index in [1.807, 2.05) is 20.8 Å². The maximum atomic E-state index is 10.9. The summed E-state index contributed by atoms with van der Waals surface area (Å²) in [5, 5.41) is 26.9. The van der Waals surface area contributed by atoms with Crippen LogP contribution in [0.5, 0.6) is 0 Å². The van der Waals surface area contributed by atoms with E-state index >= 15 is 0 Å². The number of nitrogens with one attached hydrogen (secondary N) is 2. The Morgan fingerprint density at radius 1 is 1.24 bits per heavy atom. The first-order chi connectivity index (χ1) is 10.0. The molecule has 0 saturated carbocycles. The molecule has 0 amide bonds. The minimum Gasteiger partial charge on any atom is -0.391 e. The van der Waals surface area contributed by atoms with E-state index in [9.17, 15) is 15.2 Å². The zero-order chi connectivity index (χ0) is 15.8. The van der Waals surface area contributed by atoms with Gasteiger partial charge in [-0.1, -0.05) is 26.7 Å². The van der Waals surface area contributed by atoms with E-state index in [-0.39, 0.29) is 11.6 Å². The second-order valence-corrected chi connectivity index (χ2v) is 4.91. The molecule has 1 aromatic rings. The van der Waals surface area contributed by atoms with E-state index in [2.05, 4.69) is 15.6 Å². The Hall–Kier alpha value is -1.89. The number of rotatable bonds is 9. The minimum atomic E-state index is -0.497. The van der Waals surface area contributed by atoms with Gasteiger partial charge in [-0.15, -0.1) is 0 Å². The van der Waals surface area contributed by atoms with Gasteiger partial charge in [-0.05, 0) is 12.8 Å². The van der Waals surface area contributed by atoms with Gasteiger partial charge in [0.25, 0.3) is 5.69 Å². The maximum Gasteiger partial charge on any atom is 0.276 e. The topological polar surface area (TPSA) is 100 Å². The van der Waals surface area contributed by atoms with Crippen molar-refractivity contribution >= 4 is 17.3 Å². The number of hydrogen-bond donors (Lipinski definition) is 3. The number of aliphatic hydroxyl groups excluding tert-OH is 1. The molecule has 0 fully saturated rings. The lowest BCUT2D eigenvalue weighted by Gasteiger charge is -2.20. The van der Waals surface area contributed by atoms with E-state index in [0.29, 0.717) is 24.7 Å². The van der Waals surface area contributed by atoms with Crippen molar-refractivity contribution in [1.29, 1.82) is 0 Å². The molecular formula is C14H24N4O3. The van der Waals surface area contributed by atoms with Gasteiger partial charge < -0.3 is 15.7 Å². The van der Waals surface area contributed by atoms with Crippen LogP contribution in [0.1, 0.15) is 33.6 Å². The van der Waals surface area contributed by atoms with Crippen molar-refractivity contribution in [2.24, 2.45) is 5.92 Å². The standard InChI is InChI=1S/C14H24N4O3/c1-4-10(5-2)12(19)9-16-14-8-11(18(20)21)7-13(17-14)15-6-3/h7-8,10,12,19H,4-6,9H2,1-3H3,(H2,15,16,17). The third kappa shape index (κ3) is 5.18. The second kappa shape index (κ2) is 8.41.